The minimum atomic E-state index is -0.0556. The molecule has 4 heteroatoms. The molecule has 0 aliphatic rings. The summed E-state index contributed by atoms with van der Waals surface area (Å²) in [6.07, 6.45) is 0. The highest BCUT2D eigenvalue weighted by molar-refractivity contribution is 14.1. The second-order valence-corrected chi connectivity index (χ2v) is 4.55. The third-order valence-corrected chi connectivity index (χ3v) is 2.92. The van der Waals surface area contributed by atoms with Gasteiger partial charge in [0.1, 0.15) is 0 Å². The molecule has 0 saturated carbocycles. The van der Waals surface area contributed by atoms with E-state index in [1.807, 2.05) is 12.1 Å². The van der Waals surface area contributed by atoms with Crippen molar-refractivity contribution in [2.75, 3.05) is 5.88 Å². The fraction of sp³-hybridized carbons (Fsp3) is 0.125. The Kier molecular flexibility index (Phi) is 3.99. The van der Waals surface area contributed by atoms with Gasteiger partial charge in [0.2, 0.25) is 0 Å². The number of alkyl halides is 1. The summed E-state index contributed by atoms with van der Waals surface area (Å²) in [7, 11) is 0. The lowest BCUT2D eigenvalue weighted by Gasteiger charge is -2.00. The third-order valence-electron chi connectivity index (χ3n) is 1.35. The number of carbonyl (C=O) groups excluding carboxylic acids is 1. The van der Waals surface area contributed by atoms with Crippen LogP contribution in [0.4, 0.5) is 0 Å². The highest BCUT2D eigenvalue weighted by Crippen LogP contribution is 2.20. The van der Waals surface area contributed by atoms with E-state index in [1.165, 1.54) is 0 Å². The predicted octanol–water partition coefficient (Wildman–Crippen LogP) is 3.48. The van der Waals surface area contributed by atoms with Crippen LogP contribution in [-0.2, 0) is 0 Å². The molecule has 0 unspecified atom stereocenters. The Labute approximate surface area is 97.8 Å². The molecule has 0 aliphatic heterocycles. The predicted molar refractivity (Wildman–Crippen MR) is 61.9 cm³/mol. The van der Waals surface area contributed by atoms with Gasteiger partial charge in [0.15, 0.2) is 5.78 Å². The van der Waals surface area contributed by atoms with Gasteiger partial charge in [-0.1, -0.05) is 15.9 Å². The minimum absolute atomic E-state index is 0.0270. The maximum atomic E-state index is 11.2. The van der Waals surface area contributed by atoms with Crippen molar-refractivity contribution in [3.05, 3.63) is 31.8 Å². The van der Waals surface area contributed by atoms with Crippen molar-refractivity contribution in [2.45, 2.75) is 0 Å². The highest BCUT2D eigenvalue weighted by atomic mass is 127. The molecule has 1 aromatic carbocycles. The van der Waals surface area contributed by atoms with Crippen molar-refractivity contribution >= 4 is 55.9 Å². The molecule has 1 nitrogen and oxygen atoms in total. The molecule has 0 atom stereocenters. The van der Waals surface area contributed by atoms with E-state index in [0.717, 1.165) is 8.04 Å². The van der Waals surface area contributed by atoms with Crippen LogP contribution in [0.1, 0.15) is 10.4 Å². The van der Waals surface area contributed by atoms with Gasteiger partial charge >= 0.3 is 0 Å². The van der Waals surface area contributed by atoms with E-state index in [1.54, 1.807) is 6.07 Å². The number of carbonyl (C=O) groups is 1. The van der Waals surface area contributed by atoms with Crippen molar-refractivity contribution in [1.82, 2.24) is 0 Å². The second kappa shape index (κ2) is 4.58. The van der Waals surface area contributed by atoms with Gasteiger partial charge in [-0.25, -0.2) is 0 Å². The zero-order valence-electron chi connectivity index (χ0n) is 5.98. The molecule has 0 aromatic heterocycles. The largest absolute Gasteiger partial charge is 0.293 e. The summed E-state index contributed by atoms with van der Waals surface area (Å²) < 4.78 is 1.89. The van der Waals surface area contributed by atoms with E-state index in [2.05, 4.69) is 38.5 Å². The molecule has 0 spiro atoms. The molecule has 0 radical (unpaired) electrons. The Morgan fingerprint density at radius 1 is 1.58 bits per heavy atom. The van der Waals surface area contributed by atoms with Gasteiger partial charge in [-0.15, -0.1) is 11.6 Å². The molecule has 0 heterocycles. The number of benzene rings is 1. The van der Waals surface area contributed by atoms with Crippen molar-refractivity contribution in [2.24, 2.45) is 0 Å². The molecule has 0 amide bonds. The van der Waals surface area contributed by atoms with E-state index in [0.29, 0.717) is 5.56 Å². The molecular formula is C8H5BrClIO. The van der Waals surface area contributed by atoms with Crippen LogP contribution in [0.5, 0.6) is 0 Å². The molecule has 1 aromatic rings. The number of Topliss-reactive ketones (excluding diaryl/α,β-unsaturated/α-hetero) is 1. The molecule has 0 aliphatic carbocycles. The van der Waals surface area contributed by atoms with E-state index in [9.17, 15) is 4.79 Å². The average molecular weight is 359 g/mol. The third kappa shape index (κ3) is 2.44. The zero-order valence-corrected chi connectivity index (χ0v) is 10.5. The van der Waals surface area contributed by atoms with E-state index >= 15 is 0 Å². The smallest absolute Gasteiger partial charge is 0.178 e. The first-order valence-electron chi connectivity index (χ1n) is 3.19. The Bertz CT molecular complexity index is 314. The van der Waals surface area contributed by atoms with Crippen molar-refractivity contribution in [1.29, 1.82) is 0 Å². The molecule has 0 saturated heterocycles. The topological polar surface area (TPSA) is 17.1 Å². The quantitative estimate of drug-likeness (QED) is 0.449. The standard InChI is InChI=1S/C8H5BrClIO/c9-7-3-5(11)1-2-6(7)8(12)4-10/h1-3H,4H2. The van der Waals surface area contributed by atoms with Crippen LogP contribution in [0.3, 0.4) is 0 Å². The van der Waals surface area contributed by atoms with E-state index < -0.39 is 0 Å². The van der Waals surface area contributed by atoms with Gasteiger partial charge < -0.3 is 0 Å². The van der Waals surface area contributed by atoms with Crippen LogP contribution in [0.15, 0.2) is 22.7 Å². The van der Waals surface area contributed by atoms with Gasteiger partial charge in [0.05, 0.1) is 5.88 Å². The average Bonchev–Trinajstić information content (AvgIpc) is 2.03. The van der Waals surface area contributed by atoms with Crippen molar-refractivity contribution < 1.29 is 4.79 Å². The maximum absolute atomic E-state index is 11.2. The van der Waals surface area contributed by atoms with Gasteiger partial charge in [-0.3, -0.25) is 4.79 Å². The zero-order chi connectivity index (χ0) is 9.14. The number of halogens is 3. The Hall–Kier alpha value is 0.390. The Morgan fingerprint density at radius 2 is 2.25 bits per heavy atom. The summed E-state index contributed by atoms with van der Waals surface area (Å²) in [6, 6.07) is 5.54. The number of hydrogen-bond acceptors (Lipinski definition) is 1. The number of ketones is 1. The van der Waals surface area contributed by atoms with Gasteiger partial charge in [-0.05, 0) is 40.8 Å². The Morgan fingerprint density at radius 3 is 2.75 bits per heavy atom. The maximum Gasteiger partial charge on any atom is 0.178 e. The van der Waals surface area contributed by atoms with Crippen LogP contribution >= 0.6 is 50.1 Å². The SMILES string of the molecule is O=C(CCl)c1ccc(I)cc1Br. The van der Waals surface area contributed by atoms with Gasteiger partial charge in [0.25, 0.3) is 0 Å². The molecule has 1 rings (SSSR count). The summed E-state index contributed by atoms with van der Waals surface area (Å²) >= 11 is 10.9. The molecule has 0 bridgehead atoms. The van der Waals surface area contributed by atoms with E-state index in [4.69, 9.17) is 11.6 Å². The minimum Gasteiger partial charge on any atom is -0.293 e. The fourth-order valence-electron chi connectivity index (χ4n) is 0.788. The summed E-state index contributed by atoms with van der Waals surface area (Å²) in [4.78, 5) is 11.2. The fourth-order valence-corrected chi connectivity index (χ4v) is 2.45. The summed E-state index contributed by atoms with van der Waals surface area (Å²) in [6.45, 7) is 0. The summed E-state index contributed by atoms with van der Waals surface area (Å²) in [5.41, 5.74) is 0.644. The first-order chi connectivity index (χ1) is 5.65. The normalized spacial score (nSPS) is 9.92. The van der Waals surface area contributed by atoms with Crippen LogP contribution in [0.25, 0.3) is 0 Å². The van der Waals surface area contributed by atoms with Gasteiger partial charge in [0, 0.05) is 13.6 Å². The lowest BCUT2D eigenvalue weighted by Crippen LogP contribution is -2.01. The lowest BCUT2D eigenvalue weighted by molar-refractivity contribution is 0.102. The lowest BCUT2D eigenvalue weighted by atomic mass is 10.1. The summed E-state index contributed by atoms with van der Waals surface area (Å²) in [5, 5.41) is 0. The molecule has 0 fully saturated rings. The first-order valence-corrected chi connectivity index (χ1v) is 5.60. The molecule has 0 N–H and O–H groups in total. The molecular weight excluding hydrogens is 354 g/mol. The van der Waals surface area contributed by atoms with Gasteiger partial charge in [-0.2, -0.15) is 0 Å². The van der Waals surface area contributed by atoms with Crippen LogP contribution in [0, 0.1) is 3.57 Å². The Balaban J connectivity index is 3.09. The number of hydrogen-bond donors (Lipinski definition) is 0. The highest BCUT2D eigenvalue weighted by Gasteiger charge is 2.07. The van der Waals surface area contributed by atoms with Crippen LogP contribution in [-0.4, -0.2) is 11.7 Å². The van der Waals surface area contributed by atoms with Crippen molar-refractivity contribution in [3.63, 3.8) is 0 Å². The van der Waals surface area contributed by atoms with Crippen molar-refractivity contribution in [3.8, 4) is 0 Å². The molecule has 64 valence electrons. The molecule has 12 heavy (non-hydrogen) atoms. The number of rotatable bonds is 2. The van der Waals surface area contributed by atoms with Crippen LogP contribution < -0.4 is 0 Å². The van der Waals surface area contributed by atoms with Crippen LogP contribution in [0.2, 0.25) is 0 Å². The summed E-state index contributed by atoms with van der Waals surface area (Å²) in [5.74, 6) is -0.0286. The first kappa shape index (κ1) is 10.5. The van der Waals surface area contributed by atoms with E-state index in [-0.39, 0.29) is 11.7 Å². The monoisotopic (exact) mass is 358 g/mol. The second-order valence-electron chi connectivity index (χ2n) is 2.18.